The summed E-state index contributed by atoms with van der Waals surface area (Å²) in [7, 11) is 0. The Hall–Kier alpha value is -1.81. The smallest absolute Gasteiger partial charge is 0.119 e. The van der Waals surface area contributed by atoms with Crippen LogP contribution in [0.25, 0.3) is 10.9 Å². The van der Waals surface area contributed by atoms with E-state index in [0.717, 1.165) is 42.3 Å². The lowest BCUT2D eigenvalue weighted by molar-refractivity contribution is 0.229. The molecule has 2 heterocycles. The van der Waals surface area contributed by atoms with Gasteiger partial charge >= 0.3 is 0 Å². The van der Waals surface area contributed by atoms with Crippen LogP contribution in [-0.2, 0) is 19.3 Å². The average molecular weight is 354 g/mol. The molecule has 0 amide bonds. The molecule has 4 rings (SSSR count). The Kier molecular flexibility index (Phi) is 5.03. The third-order valence-corrected chi connectivity index (χ3v) is 6.23. The zero-order chi connectivity index (χ0) is 18.1. The van der Waals surface area contributed by atoms with Crippen LogP contribution in [-0.4, -0.2) is 40.7 Å². The molecule has 0 radical (unpaired) electrons. The van der Waals surface area contributed by atoms with Gasteiger partial charge in [-0.1, -0.05) is 13.8 Å². The molecule has 26 heavy (non-hydrogen) atoms. The van der Waals surface area contributed by atoms with E-state index in [4.69, 9.17) is 4.98 Å². The van der Waals surface area contributed by atoms with Gasteiger partial charge in [0.15, 0.2) is 0 Å². The minimum absolute atomic E-state index is 0.404. The van der Waals surface area contributed by atoms with Crippen LogP contribution in [0.3, 0.4) is 0 Å². The van der Waals surface area contributed by atoms with E-state index in [-0.39, 0.29) is 0 Å². The summed E-state index contributed by atoms with van der Waals surface area (Å²) in [6.07, 6.45) is 7.86. The highest BCUT2D eigenvalue weighted by molar-refractivity contribution is 5.95. The largest absolute Gasteiger partial charge is 0.508 e. The SMILES string of the molecule is CCc1cc2nc3c(c(NC4CCN(CC)CC4)c2cc1O)CCCC3. The number of aromatic hydroxyl groups is 1. The van der Waals surface area contributed by atoms with Gasteiger partial charge in [-0.05, 0) is 74.8 Å². The number of likely N-dealkylation sites (tertiary alicyclic amines) is 1. The maximum absolute atomic E-state index is 10.4. The lowest BCUT2D eigenvalue weighted by Gasteiger charge is -2.33. The number of hydrogen-bond acceptors (Lipinski definition) is 4. The van der Waals surface area contributed by atoms with E-state index in [9.17, 15) is 5.11 Å². The maximum Gasteiger partial charge on any atom is 0.119 e. The molecule has 0 atom stereocenters. The lowest BCUT2D eigenvalue weighted by atomic mass is 9.91. The number of aryl methyl sites for hydroxylation is 2. The number of rotatable bonds is 4. The summed E-state index contributed by atoms with van der Waals surface area (Å²) in [6.45, 7) is 7.82. The molecule has 1 aliphatic carbocycles. The first-order valence-corrected chi connectivity index (χ1v) is 10.4. The third-order valence-electron chi connectivity index (χ3n) is 6.23. The minimum atomic E-state index is 0.404. The second-order valence-corrected chi connectivity index (χ2v) is 7.82. The quantitative estimate of drug-likeness (QED) is 0.861. The van der Waals surface area contributed by atoms with Crippen LogP contribution < -0.4 is 5.32 Å². The van der Waals surface area contributed by atoms with Gasteiger partial charge in [-0.15, -0.1) is 0 Å². The van der Waals surface area contributed by atoms with Gasteiger partial charge in [0.05, 0.1) is 5.52 Å². The molecule has 1 saturated heterocycles. The Balaban J connectivity index is 1.74. The average Bonchev–Trinajstić information content (AvgIpc) is 2.68. The number of nitrogens with zero attached hydrogens (tertiary/aromatic N) is 2. The summed E-state index contributed by atoms with van der Waals surface area (Å²) < 4.78 is 0. The Morgan fingerprint density at radius 3 is 2.65 bits per heavy atom. The van der Waals surface area contributed by atoms with Crippen molar-refractivity contribution >= 4 is 16.6 Å². The van der Waals surface area contributed by atoms with Crippen molar-refractivity contribution in [3.63, 3.8) is 0 Å². The molecule has 2 N–H and O–H groups in total. The Bertz CT molecular complexity index is 794. The second-order valence-electron chi connectivity index (χ2n) is 7.82. The molecule has 1 aromatic carbocycles. The molecule has 0 saturated carbocycles. The zero-order valence-electron chi connectivity index (χ0n) is 16.1. The summed E-state index contributed by atoms with van der Waals surface area (Å²) in [5, 5.41) is 15.4. The lowest BCUT2D eigenvalue weighted by Crippen LogP contribution is -2.39. The monoisotopic (exact) mass is 353 g/mol. The maximum atomic E-state index is 10.4. The first-order valence-electron chi connectivity index (χ1n) is 10.4. The highest BCUT2D eigenvalue weighted by Gasteiger charge is 2.23. The van der Waals surface area contributed by atoms with Gasteiger partial charge < -0.3 is 15.3 Å². The first kappa shape index (κ1) is 17.6. The van der Waals surface area contributed by atoms with Crippen molar-refractivity contribution in [1.29, 1.82) is 0 Å². The molecule has 0 spiro atoms. The number of pyridine rings is 1. The molecule has 4 nitrogen and oxygen atoms in total. The summed E-state index contributed by atoms with van der Waals surface area (Å²) in [6, 6.07) is 4.55. The number of benzene rings is 1. The standard InChI is InChI=1S/C22H31N3O/c1-3-15-13-20-18(14-21(15)26)22(17-7-5-6-8-19(17)24-20)23-16-9-11-25(4-2)12-10-16/h13-14,16,26H,3-12H2,1-2H3,(H,23,24). The van der Waals surface area contributed by atoms with Crippen molar-refractivity contribution in [2.45, 2.75) is 64.8 Å². The molecule has 0 bridgehead atoms. The normalized spacial score (nSPS) is 18.8. The number of hydrogen-bond donors (Lipinski definition) is 2. The number of fused-ring (bicyclic) bond motifs is 2. The van der Waals surface area contributed by atoms with Gasteiger partial charge in [-0.25, -0.2) is 0 Å². The van der Waals surface area contributed by atoms with Gasteiger partial charge in [-0.3, -0.25) is 4.98 Å². The summed E-state index contributed by atoms with van der Waals surface area (Å²) >= 11 is 0. The zero-order valence-corrected chi connectivity index (χ0v) is 16.1. The van der Waals surface area contributed by atoms with E-state index >= 15 is 0 Å². The summed E-state index contributed by atoms with van der Waals surface area (Å²) in [5.74, 6) is 0.404. The fraction of sp³-hybridized carbons (Fsp3) is 0.591. The molecular formula is C22H31N3O. The number of anilines is 1. The number of phenolic OH excluding ortho intramolecular Hbond substituents is 1. The van der Waals surface area contributed by atoms with Crippen LogP contribution in [0.4, 0.5) is 5.69 Å². The number of aromatic nitrogens is 1. The van der Waals surface area contributed by atoms with E-state index in [1.54, 1.807) is 0 Å². The number of nitrogens with one attached hydrogen (secondary N) is 1. The van der Waals surface area contributed by atoms with Gasteiger partial charge in [0.25, 0.3) is 0 Å². The van der Waals surface area contributed by atoms with E-state index < -0.39 is 0 Å². The molecule has 1 fully saturated rings. The van der Waals surface area contributed by atoms with Crippen LogP contribution >= 0.6 is 0 Å². The van der Waals surface area contributed by atoms with Crippen LogP contribution in [0.2, 0.25) is 0 Å². The summed E-state index contributed by atoms with van der Waals surface area (Å²) in [5.41, 5.74) is 5.93. The van der Waals surface area contributed by atoms with Crippen molar-refractivity contribution in [3.05, 3.63) is 29.0 Å². The molecular weight excluding hydrogens is 322 g/mol. The minimum Gasteiger partial charge on any atom is -0.508 e. The number of phenols is 1. The summed E-state index contributed by atoms with van der Waals surface area (Å²) in [4.78, 5) is 7.51. The van der Waals surface area contributed by atoms with Crippen molar-refractivity contribution in [1.82, 2.24) is 9.88 Å². The van der Waals surface area contributed by atoms with Crippen LogP contribution in [0.1, 0.15) is 56.4 Å². The molecule has 140 valence electrons. The van der Waals surface area contributed by atoms with Crippen LogP contribution in [0, 0.1) is 0 Å². The van der Waals surface area contributed by atoms with E-state index in [1.165, 1.54) is 55.7 Å². The van der Waals surface area contributed by atoms with E-state index in [0.29, 0.717) is 11.8 Å². The molecule has 0 unspecified atom stereocenters. The van der Waals surface area contributed by atoms with Gasteiger partial charge in [0.2, 0.25) is 0 Å². The van der Waals surface area contributed by atoms with Crippen LogP contribution in [0.5, 0.6) is 5.75 Å². The van der Waals surface area contributed by atoms with Crippen molar-refractivity contribution in [2.75, 3.05) is 25.0 Å². The highest BCUT2D eigenvalue weighted by Crippen LogP contribution is 2.37. The van der Waals surface area contributed by atoms with Gasteiger partial charge in [0, 0.05) is 35.9 Å². The molecule has 1 aromatic heterocycles. The highest BCUT2D eigenvalue weighted by atomic mass is 16.3. The predicted octanol–water partition coefficient (Wildman–Crippen LogP) is 4.28. The number of piperidine rings is 1. The van der Waals surface area contributed by atoms with Crippen molar-refractivity contribution in [3.8, 4) is 5.75 Å². The van der Waals surface area contributed by atoms with Gasteiger partial charge in [0.1, 0.15) is 5.75 Å². The Morgan fingerprint density at radius 1 is 1.15 bits per heavy atom. The van der Waals surface area contributed by atoms with Crippen molar-refractivity contribution < 1.29 is 5.11 Å². The van der Waals surface area contributed by atoms with Crippen LogP contribution in [0.15, 0.2) is 12.1 Å². The fourth-order valence-corrected chi connectivity index (χ4v) is 4.55. The molecule has 2 aliphatic rings. The third kappa shape index (κ3) is 3.27. The topological polar surface area (TPSA) is 48.4 Å². The molecule has 2 aromatic rings. The van der Waals surface area contributed by atoms with E-state index in [1.807, 2.05) is 6.07 Å². The van der Waals surface area contributed by atoms with E-state index in [2.05, 4.69) is 30.1 Å². The second kappa shape index (κ2) is 7.43. The van der Waals surface area contributed by atoms with Gasteiger partial charge in [-0.2, -0.15) is 0 Å². The Labute approximate surface area is 156 Å². The molecule has 1 aliphatic heterocycles. The predicted molar refractivity (Wildman–Crippen MR) is 108 cm³/mol. The Morgan fingerprint density at radius 2 is 1.92 bits per heavy atom. The molecule has 4 heteroatoms. The first-order chi connectivity index (χ1) is 12.7. The fourth-order valence-electron chi connectivity index (χ4n) is 4.55. The van der Waals surface area contributed by atoms with Crippen molar-refractivity contribution in [2.24, 2.45) is 0 Å².